The Morgan fingerprint density at radius 2 is 2.32 bits per heavy atom. The molecule has 7 nitrogen and oxygen atoms in total. The van der Waals surface area contributed by atoms with Crippen LogP contribution in [0, 0.1) is 5.82 Å². The molecule has 1 aromatic carbocycles. The van der Waals surface area contributed by atoms with E-state index in [1.807, 2.05) is 0 Å². The lowest BCUT2D eigenvalue weighted by molar-refractivity contribution is 0.00174. The van der Waals surface area contributed by atoms with Crippen molar-refractivity contribution >= 4 is 5.91 Å². The fraction of sp³-hybridized carbons (Fsp3) is 0.235. The first-order valence-electron chi connectivity index (χ1n) is 7.92. The number of nitrogens with one attached hydrogen (secondary N) is 2. The maximum absolute atomic E-state index is 13.4. The van der Waals surface area contributed by atoms with Crippen LogP contribution in [0.15, 0.2) is 42.6 Å². The normalized spacial score (nSPS) is 16.4. The van der Waals surface area contributed by atoms with Gasteiger partial charge in [-0.1, -0.05) is 17.3 Å². The fourth-order valence-corrected chi connectivity index (χ4v) is 2.82. The number of carbonyl (C=O) groups excluding carboxylic acids is 1. The molecule has 0 aliphatic carbocycles. The molecular weight excluding hydrogens is 325 g/mol. The highest BCUT2D eigenvalue weighted by Crippen LogP contribution is 2.25. The monoisotopic (exact) mass is 341 g/mol. The number of benzene rings is 1. The number of hydrogen-bond donors (Lipinski definition) is 2. The highest BCUT2D eigenvalue weighted by molar-refractivity contribution is 5.92. The number of hydrogen-bond acceptors (Lipinski definition) is 4. The number of nitrogens with zero attached hydrogens (tertiary/aromatic N) is 3. The average molecular weight is 341 g/mol. The van der Waals surface area contributed by atoms with Gasteiger partial charge in [0.1, 0.15) is 17.2 Å². The van der Waals surface area contributed by atoms with Crippen molar-refractivity contribution in [2.75, 3.05) is 6.54 Å². The number of aromatic nitrogens is 4. The van der Waals surface area contributed by atoms with Crippen molar-refractivity contribution in [3.8, 4) is 11.3 Å². The Labute approximate surface area is 142 Å². The van der Waals surface area contributed by atoms with Gasteiger partial charge in [-0.2, -0.15) is 0 Å². The Morgan fingerprint density at radius 1 is 1.40 bits per heavy atom. The molecule has 1 aliphatic heterocycles. The van der Waals surface area contributed by atoms with Crippen molar-refractivity contribution < 1.29 is 13.9 Å². The predicted octanol–water partition coefficient (Wildman–Crippen LogP) is 1.74. The topological polar surface area (TPSA) is 84.8 Å². The predicted molar refractivity (Wildman–Crippen MR) is 87.1 cm³/mol. The van der Waals surface area contributed by atoms with Crippen molar-refractivity contribution in [3.63, 3.8) is 0 Å². The third-order valence-electron chi connectivity index (χ3n) is 4.10. The summed E-state index contributed by atoms with van der Waals surface area (Å²) in [5.74, 6) is -0.501. The second-order valence-electron chi connectivity index (χ2n) is 5.80. The molecule has 0 spiro atoms. The van der Waals surface area contributed by atoms with Gasteiger partial charge in [-0.25, -0.2) is 9.07 Å². The van der Waals surface area contributed by atoms with Crippen molar-refractivity contribution in [2.45, 2.75) is 19.3 Å². The molecule has 1 atom stereocenters. The largest absolute Gasteiger partial charge is 0.368 e. The Hall–Kier alpha value is -3.00. The van der Waals surface area contributed by atoms with Gasteiger partial charge in [-0.15, -0.1) is 5.10 Å². The van der Waals surface area contributed by atoms with Crippen molar-refractivity contribution in [2.24, 2.45) is 0 Å². The van der Waals surface area contributed by atoms with Crippen LogP contribution >= 0.6 is 0 Å². The summed E-state index contributed by atoms with van der Waals surface area (Å²) in [6.45, 7) is 1.15. The molecule has 128 valence electrons. The van der Waals surface area contributed by atoms with Crippen LogP contribution in [0.5, 0.6) is 0 Å². The van der Waals surface area contributed by atoms with Gasteiger partial charge in [-0.3, -0.25) is 4.79 Å². The molecule has 1 amide bonds. The Morgan fingerprint density at radius 3 is 3.12 bits per heavy atom. The lowest BCUT2D eigenvalue weighted by Gasteiger charge is -2.24. The van der Waals surface area contributed by atoms with Gasteiger partial charge in [0, 0.05) is 18.3 Å². The van der Waals surface area contributed by atoms with Crippen LogP contribution in [0.2, 0.25) is 0 Å². The van der Waals surface area contributed by atoms with E-state index < -0.39 is 0 Å². The fourth-order valence-electron chi connectivity index (χ4n) is 2.82. The number of aromatic amines is 1. The zero-order valence-corrected chi connectivity index (χ0v) is 13.3. The number of halogens is 1. The number of rotatable bonds is 4. The summed E-state index contributed by atoms with van der Waals surface area (Å²) in [5.41, 5.74) is 2.60. The first-order chi connectivity index (χ1) is 12.2. The zero-order valence-electron chi connectivity index (χ0n) is 13.3. The van der Waals surface area contributed by atoms with Gasteiger partial charge in [0.15, 0.2) is 0 Å². The Balaban J connectivity index is 1.43. The summed E-state index contributed by atoms with van der Waals surface area (Å²) in [7, 11) is 0. The first kappa shape index (κ1) is 15.5. The second-order valence-corrected chi connectivity index (χ2v) is 5.80. The van der Waals surface area contributed by atoms with Gasteiger partial charge in [0.2, 0.25) is 0 Å². The van der Waals surface area contributed by atoms with Crippen LogP contribution < -0.4 is 5.32 Å². The van der Waals surface area contributed by atoms with E-state index in [9.17, 15) is 9.18 Å². The van der Waals surface area contributed by atoms with Crippen LogP contribution in [-0.2, 0) is 17.9 Å². The van der Waals surface area contributed by atoms with E-state index in [1.165, 1.54) is 12.1 Å². The first-order valence-corrected chi connectivity index (χ1v) is 7.92. The number of H-pyrrole nitrogens is 1. The molecule has 2 aromatic heterocycles. The molecule has 3 aromatic rings. The van der Waals surface area contributed by atoms with Crippen molar-refractivity contribution in [1.82, 2.24) is 25.3 Å². The maximum atomic E-state index is 13.4. The molecular formula is C17H16FN5O2. The van der Waals surface area contributed by atoms with Crippen LogP contribution in [0.4, 0.5) is 4.39 Å². The lowest BCUT2D eigenvalue weighted by atomic mass is 10.1. The van der Waals surface area contributed by atoms with E-state index in [1.54, 1.807) is 35.1 Å². The SMILES string of the molecule is O=C(NC[C@@H]1Cn2nnc(-c3cccc(F)c3)c2CO1)c1ccc[nH]1. The molecule has 0 fully saturated rings. The summed E-state index contributed by atoms with van der Waals surface area (Å²) in [6, 6.07) is 9.71. The summed E-state index contributed by atoms with van der Waals surface area (Å²) >= 11 is 0. The zero-order chi connectivity index (χ0) is 17.2. The van der Waals surface area contributed by atoms with Gasteiger partial charge >= 0.3 is 0 Å². The molecule has 25 heavy (non-hydrogen) atoms. The number of fused-ring (bicyclic) bond motifs is 1. The third kappa shape index (κ3) is 3.16. The standard InChI is InChI=1S/C17H16FN5O2/c18-12-4-1-3-11(7-12)16-15-10-25-13(9-23(15)22-21-16)8-20-17(24)14-5-2-6-19-14/h1-7,13,19H,8-10H2,(H,20,24)/t13-/m1/s1. The van der Waals surface area contributed by atoms with E-state index in [0.717, 1.165) is 5.69 Å². The molecule has 8 heteroatoms. The summed E-state index contributed by atoms with van der Waals surface area (Å²) in [4.78, 5) is 14.8. The number of ether oxygens (including phenoxy) is 1. The quantitative estimate of drug-likeness (QED) is 0.757. The lowest BCUT2D eigenvalue weighted by Crippen LogP contribution is -2.39. The Bertz CT molecular complexity index is 890. The smallest absolute Gasteiger partial charge is 0.267 e. The van der Waals surface area contributed by atoms with Crippen LogP contribution in [0.25, 0.3) is 11.3 Å². The van der Waals surface area contributed by atoms with Crippen molar-refractivity contribution in [1.29, 1.82) is 0 Å². The molecule has 0 unspecified atom stereocenters. The van der Waals surface area contributed by atoms with E-state index >= 15 is 0 Å². The summed E-state index contributed by atoms with van der Waals surface area (Å²) in [6.07, 6.45) is 1.50. The minimum absolute atomic E-state index is 0.182. The molecule has 2 N–H and O–H groups in total. The minimum atomic E-state index is -0.319. The molecule has 0 radical (unpaired) electrons. The summed E-state index contributed by atoms with van der Waals surface area (Å²) < 4.78 is 21.0. The van der Waals surface area contributed by atoms with Gasteiger partial charge in [0.05, 0.1) is 24.9 Å². The molecule has 0 bridgehead atoms. The maximum Gasteiger partial charge on any atom is 0.267 e. The highest BCUT2D eigenvalue weighted by atomic mass is 19.1. The van der Waals surface area contributed by atoms with Crippen LogP contribution in [0.1, 0.15) is 16.2 Å². The molecule has 3 heterocycles. The third-order valence-corrected chi connectivity index (χ3v) is 4.10. The number of carbonyl (C=O) groups is 1. The molecule has 0 saturated heterocycles. The van der Waals surface area contributed by atoms with Crippen LogP contribution in [0.3, 0.4) is 0 Å². The highest BCUT2D eigenvalue weighted by Gasteiger charge is 2.25. The molecule has 0 saturated carbocycles. The van der Waals surface area contributed by atoms with Crippen molar-refractivity contribution in [3.05, 3.63) is 59.8 Å². The van der Waals surface area contributed by atoms with E-state index in [2.05, 4.69) is 20.6 Å². The van der Waals surface area contributed by atoms with Gasteiger partial charge in [-0.05, 0) is 24.3 Å². The van der Waals surface area contributed by atoms with Gasteiger partial charge in [0.25, 0.3) is 5.91 Å². The van der Waals surface area contributed by atoms with Gasteiger partial charge < -0.3 is 15.0 Å². The summed E-state index contributed by atoms with van der Waals surface area (Å²) in [5, 5.41) is 11.1. The van der Waals surface area contributed by atoms with E-state index in [0.29, 0.717) is 36.6 Å². The minimum Gasteiger partial charge on any atom is -0.368 e. The molecule has 1 aliphatic rings. The molecule has 4 rings (SSSR count). The van der Waals surface area contributed by atoms with E-state index in [-0.39, 0.29) is 17.8 Å². The average Bonchev–Trinajstić information content (AvgIpc) is 3.29. The van der Waals surface area contributed by atoms with E-state index in [4.69, 9.17) is 4.74 Å². The second kappa shape index (κ2) is 6.48. The number of amides is 1. The van der Waals surface area contributed by atoms with Crippen LogP contribution in [-0.4, -0.2) is 38.5 Å². The Kier molecular flexibility index (Phi) is 4.02.